The van der Waals surface area contributed by atoms with Crippen molar-refractivity contribution >= 4 is 17.5 Å². The number of likely N-dealkylation sites (N-methyl/N-ethyl adjacent to an activating group) is 1. The monoisotopic (exact) mass is 561 g/mol. The number of aliphatic hydroxyl groups is 1. The molecule has 0 aromatic heterocycles. The van der Waals surface area contributed by atoms with Gasteiger partial charge in [-0.25, -0.2) is 4.99 Å². The van der Waals surface area contributed by atoms with E-state index >= 15 is 0 Å². The molecule has 42 heavy (non-hydrogen) atoms. The molecule has 1 aliphatic heterocycles. The molecule has 0 aliphatic carbocycles. The normalized spacial score (nSPS) is 17.5. The van der Waals surface area contributed by atoms with Crippen molar-refractivity contribution in [2.45, 2.75) is 24.5 Å². The van der Waals surface area contributed by atoms with Gasteiger partial charge in [-0.3, -0.25) is 4.79 Å². The van der Waals surface area contributed by atoms with Crippen molar-refractivity contribution in [2.24, 2.45) is 10.1 Å². The quantitative estimate of drug-likeness (QED) is 0.0963. The first-order valence-corrected chi connectivity index (χ1v) is 13.7. The van der Waals surface area contributed by atoms with Crippen molar-refractivity contribution in [3.05, 3.63) is 130 Å². The summed E-state index contributed by atoms with van der Waals surface area (Å²) in [6.45, 7) is 0.458. The average Bonchev–Trinajstić information content (AvgIpc) is 3.43. The van der Waals surface area contributed by atoms with Crippen LogP contribution < -0.4 is 10.1 Å². The number of azide groups is 1. The molecule has 9 heteroatoms. The van der Waals surface area contributed by atoms with Crippen molar-refractivity contribution in [3.63, 3.8) is 0 Å². The number of benzene rings is 4. The number of ether oxygens (including phenoxy) is 2. The number of aliphatic imine (C=N–C) groups is 1. The Labute approximate surface area is 244 Å². The molecular formula is C33H31N5O4. The van der Waals surface area contributed by atoms with Crippen LogP contribution in [0.1, 0.15) is 29.2 Å². The van der Waals surface area contributed by atoms with Crippen LogP contribution in [0.5, 0.6) is 5.75 Å². The molecule has 0 saturated heterocycles. The van der Waals surface area contributed by atoms with Gasteiger partial charge in [-0.15, -0.1) is 0 Å². The average molecular weight is 562 g/mol. The molecule has 0 saturated carbocycles. The number of nitrogens with one attached hydrogen (secondary N) is 1. The minimum Gasteiger partial charge on any atom is -0.494 e. The summed E-state index contributed by atoms with van der Waals surface area (Å²) in [6, 6.07) is 32.4. The van der Waals surface area contributed by atoms with E-state index in [1.807, 2.05) is 78.9 Å². The number of amides is 1. The van der Waals surface area contributed by atoms with Gasteiger partial charge >= 0.3 is 0 Å². The number of carbonyl (C=O) groups excluding carboxylic acids is 1. The largest absolute Gasteiger partial charge is 0.494 e. The second kappa shape index (κ2) is 13.0. The summed E-state index contributed by atoms with van der Waals surface area (Å²) >= 11 is 0. The molecule has 1 amide bonds. The Balaban J connectivity index is 1.57. The van der Waals surface area contributed by atoms with Crippen LogP contribution in [0.4, 0.5) is 5.69 Å². The zero-order valence-electron chi connectivity index (χ0n) is 23.2. The summed E-state index contributed by atoms with van der Waals surface area (Å²) in [5, 5.41) is 15.7. The van der Waals surface area contributed by atoms with Crippen LogP contribution in [-0.4, -0.2) is 42.7 Å². The summed E-state index contributed by atoms with van der Waals surface area (Å²) in [5.41, 5.74) is 12.4. The van der Waals surface area contributed by atoms with Crippen LogP contribution in [0, 0.1) is 0 Å². The first kappa shape index (κ1) is 28.4. The summed E-state index contributed by atoms with van der Waals surface area (Å²) in [7, 11) is 1.57. The highest BCUT2D eigenvalue weighted by atomic mass is 16.5. The zero-order valence-corrected chi connectivity index (χ0v) is 23.2. The van der Waals surface area contributed by atoms with E-state index in [4.69, 9.17) is 25.1 Å². The number of hydrogen-bond acceptors (Lipinski definition) is 6. The molecule has 2 atom stereocenters. The van der Waals surface area contributed by atoms with E-state index in [1.165, 1.54) is 0 Å². The minimum absolute atomic E-state index is 0.0564. The number of rotatable bonds is 11. The number of aliphatic hydroxyl groups excluding tert-OH is 1. The second-order valence-electron chi connectivity index (χ2n) is 9.85. The lowest BCUT2D eigenvalue weighted by atomic mass is 9.81. The molecule has 9 nitrogen and oxygen atoms in total. The van der Waals surface area contributed by atoms with Gasteiger partial charge in [0.2, 0.25) is 5.90 Å². The maximum Gasteiger partial charge on any atom is 0.252 e. The molecule has 5 rings (SSSR count). The Hall–Kier alpha value is -5.11. The van der Waals surface area contributed by atoms with Crippen molar-refractivity contribution in [1.29, 1.82) is 0 Å². The SMILES string of the molecule is CNC(=O)[C@]1(Cc2ccccc2N=[N+]=[N-])N=C(c2ccc(OCCCO)cc2)O[C@@H]1c1ccc(-c2ccccc2)cc1. The van der Waals surface area contributed by atoms with Crippen LogP contribution >= 0.6 is 0 Å². The fourth-order valence-electron chi connectivity index (χ4n) is 5.08. The molecule has 0 bridgehead atoms. The first-order valence-electron chi connectivity index (χ1n) is 13.7. The highest BCUT2D eigenvalue weighted by Gasteiger charge is 2.53. The van der Waals surface area contributed by atoms with Gasteiger partial charge in [0.25, 0.3) is 5.91 Å². The Morgan fingerprint density at radius 3 is 2.33 bits per heavy atom. The van der Waals surface area contributed by atoms with Gasteiger partial charge < -0.3 is 19.9 Å². The smallest absolute Gasteiger partial charge is 0.252 e. The highest BCUT2D eigenvalue weighted by Crippen LogP contribution is 2.44. The molecule has 0 fully saturated rings. The van der Waals surface area contributed by atoms with Gasteiger partial charge in [-0.05, 0) is 52.1 Å². The van der Waals surface area contributed by atoms with E-state index in [9.17, 15) is 4.79 Å². The molecule has 0 spiro atoms. The van der Waals surface area contributed by atoms with Gasteiger partial charge in [-0.1, -0.05) is 84.0 Å². The topological polar surface area (TPSA) is 129 Å². The Kier molecular flexibility index (Phi) is 8.82. The van der Waals surface area contributed by atoms with E-state index in [0.717, 1.165) is 16.7 Å². The van der Waals surface area contributed by atoms with E-state index in [2.05, 4.69) is 15.3 Å². The van der Waals surface area contributed by atoms with Crippen molar-refractivity contribution in [2.75, 3.05) is 20.3 Å². The lowest BCUT2D eigenvalue weighted by molar-refractivity contribution is -0.128. The maximum atomic E-state index is 13.8. The predicted octanol–water partition coefficient (Wildman–Crippen LogP) is 6.30. The molecular weight excluding hydrogens is 530 g/mol. The van der Waals surface area contributed by atoms with Crippen LogP contribution in [0.25, 0.3) is 21.6 Å². The molecule has 212 valence electrons. The van der Waals surface area contributed by atoms with E-state index in [1.54, 1.807) is 31.3 Å². The fraction of sp³-hybridized carbons (Fsp3) is 0.212. The van der Waals surface area contributed by atoms with E-state index in [-0.39, 0.29) is 18.9 Å². The molecule has 2 N–H and O–H groups in total. The molecule has 4 aromatic carbocycles. The highest BCUT2D eigenvalue weighted by molar-refractivity contribution is 6.01. The van der Waals surface area contributed by atoms with E-state index < -0.39 is 11.6 Å². The van der Waals surface area contributed by atoms with Crippen molar-refractivity contribution < 1.29 is 19.4 Å². The Morgan fingerprint density at radius 2 is 1.64 bits per heavy atom. The summed E-state index contributed by atoms with van der Waals surface area (Å²) in [6.07, 6.45) is -0.0931. The lowest BCUT2D eigenvalue weighted by Gasteiger charge is -2.30. The first-order chi connectivity index (χ1) is 20.6. The molecule has 4 aromatic rings. The predicted molar refractivity (Wildman–Crippen MR) is 162 cm³/mol. The Morgan fingerprint density at radius 1 is 0.976 bits per heavy atom. The third-order valence-electron chi connectivity index (χ3n) is 7.18. The van der Waals surface area contributed by atoms with Gasteiger partial charge in [-0.2, -0.15) is 0 Å². The third-order valence-corrected chi connectivity index (χ3v) is 7.18. The molecule has 1 heterocycles. The van der Waals surface area contributed by atoms with Gasteiger partial charge in [0.1, 0.15) is 5.75 Å². The fourth-order valence-corrected chi connectivity index (χ4v) is 5.08. The summed E-state index contributed by atoms with van der Waals surface area (Å²) in [5.74, 6) is 0.646. The van der Waals surface area contributed by atoms with Gasteiger partial charge in [0.05, 0.1) is 6.61 Å². The molecule has 0 unspecified atom stereocenters. The molecule has 0 radical (unpaired) electrons. The number of carbonyl (C=O) groups is 1. The Bertz CT molecular complexity index is 1600. The third kappa shape index (κ3) is 5.98. The zero-order chi connectivity index (χ0) is 29.4. The van der Waals surface area contributed by atoms with Crippen LogP contribution in [0.2, 0.25) is 0 Å². The summed E-state index contributed by atoms with van der Waals surface area (Å²) < 4.78 is 12.2. The molecule has 1 aliphatic rings. The standard InChI is InChI=1S/C33H31N5O4/c1-35-32(40)33(22-27-10-5-6-11-29(27)37-38-34)30(25-14-12-24(13-15-25)23-8-3-2-4-9-23)42-31(36-33)26-16-18-28(19-17-26)41-21-7-20-39/h2-6,8-19,30,39H,7,20-22H2,1H3,(H,35,40)/t30-,33-/m1/s1. The maximum absolute atomic E-state index is 13.8. The van der Waals surface area contributed by atoms with Crippen molar-refractivity contribution in [1.82, 2.24) is 5.32 Å². The van der Waals surface area contributed by atoms with Crippen molar-refractivity contribution in [3.8, 4) is 16.9 Å². The number of hydrogen-bond donors (Lipinski definition) is 2. The number of nitrogens with zero attached hydrogens (tertiary/aromatic N) is 4. The lowest BCUT2D eigenvalue weighted by Crippen LogP contribution is -2.48. The summed E-state index contributed by atoms with van der Waals surface area (Å²) in [4.78, 5) is 21.8. The van der Waals surface area contributed by atoms with Crippen LogP contribution in [-0.2, 0) is 16.0 Å². The minimum atomic E-state index is -1.39. The second-order valence-corrected chi connectivity index (χ2v) is 9.85. The van der Waals surface area contributed by atoms with Crippen LogP contribution in [0.3, 0.4) is 0 Å². The van der Waals surface area contributed by atoms with Gasteiger partial charge in [0, 0.05) is 42.7 Å². The van der Waals surface area contributed by atoms with E-state index in [0.29, 0.717) is 41.5 Å². The van der Waals surface area contributed by atoms with Crippen LogP contribution in [0.15, 0.2) is 113 Å². The van der Waals surface area contributed by atoms with Gasteiger partial charge in [0.15, 0.2) is 11.6 Å².